The third kappa shape index (κ3) is 3.60. The average molecular weight is 311 g/mol. The number of ether oxygens (including phenoxy) is 1. The van der Waals surface area contributed by atoms with Crippen molar-refractivity contribution in [3.63, 3.8) is 0 Å². The molecule has 1 saturated carbocycles. The van der Waals surface area contributed by atoms with E-state index < -0.39 is 0 Å². The van der Waals surface area contributed by atoms with Gasteiger partial charge in [-0.1, -0.05) is 31.4 Å². The van der Waals surface area contributed by atoms with Crippen LogP contribution < -0.4 is 0 Å². The van der Waals surface area contributed by atoms with Gasteiger partial charge in [0.1, 0.15) is 5.82 Å². The van der Waals surface area contributed by atoms with E-state index in [-0.39, 0.29) is 17.3 Å². The lowest BCUT2D eigenvalue weighted by molar-refractivity contribution is -0.0669. The Morgan fingerprint density at radius 1 is 1.14 bits per heavy atom. The van der Waals surface area contributed by atoms with Gasteiger partial charge < -0.3 is 4.74 Å². The molecule has 2 atom stereocenters. The zero-order valence-electron chi connectivity index (χ0n) is 12.5. The molecule has 0 bridgehead atoms. The van der Waals surface area contributed by atoms with E-state index in [0.29, 0.717) is 12.0 Å². The van der Waals surface area contributed by atoms with E-state index >= 15 is 0 Å². The van der Waals surface area contributed by atoms with Gasteiger partial charge in [0.25, 0.3) is 0 Å². The average Bonchev–Trinajstić information content (AvgIpc) is 2.89. The summed E-state index contributed by atoms with van der Waals surface area (Å²) in [6, 6.07) is 6.75. The molecule has 0 radical (unpaired) electrons. The normalized spacial score (nSPS) is 26.1. The van der Waals surface area contributed by atoms with Crippen LogP contribution in [0.4, 0.5) is 4.39 Å². The van der Waals surface area contributed by atoms with E-state index in [1.54, 1.807) is 0 Å². The smallest absolute Gasteiger partial charge is 0.123 e. The van der Waals surface area contributed by atoms with Gasteiger partial charge in [0.15, 0.2) is 0 Å². The van der Waals surface area contributed by atoms with E-state index in [1.165, 1.54) is 50.7 Å². The number of benzene rings is 1. The fourth-order valence-corrected chi connectivity index (χ4v) is 4.27. The van der Waals surface area contributed by atoms with Crippen LogP contribution in [-0.2, 0) is 4.74 Å². The Balaban J connectivity index is 1.61. The molecule has 116 valence electrons. The van der Waals surface area contributed by atoms with Crippen LogP contribution in [0.1, 0.15) is 62.8 Å². The van der Waals surface area contributed by atoms with Crippen LogP contribution in [0.2, 0.25) is 0 Å². The fraction of sp³-hybridized carbons (Fsp3) is 0.667. The fourth-order valence-electron chi connectivity index (χ4n) is 3.97. The number of halogens is 2. The molecule has 0 N–H and O–H groups in total. The lowest BCUT2D eigenvalue weighted by Gasteiger charge is -2.33. The molecule has 3 heteroatoms. The van der Waals surface area contributed by atoms with E-state index in [0.717, 1.165) is 18.4 Å². The summed E-state index contributed by atoms with van der Waals surface area (Å²) in [6.45, 7) is 0. The second-order valence-electron chi connectivity index (χ2n) is 6.66. The summed E-state index contributed by atoms with van der Waals surface area (Å²) in [5.74, 6) is 0.639. The first kappa shape index (κ1) is 15.3. The summed E-state index contributed by atoms with van der Waals surface area (Å²) in [6.07, 6.45) is 10.1. The lowest BCUT2D eigenvalue weighted by atomic mass is 9.83. The minimum atomic E-state index is -0.189. The molecule has 2 fully saturated rings. The first-order chi connectivity index (χ1) is 10.2. The summed E-state index contributed by atoms with van der Waals surface area (Å²) in [4.78, 5) is 0. The topological polar surface area (TPSA) is 9.23 Å². The molecule has 1 saturated heterocycles. The third-order valence-corrected chi connectivity index (χ3v) is 5.55. The molecular weight excluding hydrogens is 287 g/mol. The Kier molecular flexibility index (Phi) is 4.85. The maximum Gasteiger partial charge on any atom is 0.123 e. The predicted molar refractivity (Wildman–Crippen MR) is 84.4 cm³/mol. The van der Waals surface area contributed by atoms with Crippen molar-refractivity contribution in [2.45, 2.75) is 69.0 Å². The van der Waals surface area contributed by atoms with Crippen molar-refractivity contribution in [2.75, 3.05) is 5.88 Å². The lowest BCUT2D eigenvalue weighted by Crippen LogP contribution is -2.32. The van der Waals surface area contributed by atoms with Crippen molar-refractivity contribution in [3.05, 3.63) is 35.6 Å². The van der Waals surface area contributed by atoms with Crippen molar-refractivity contribution >= 4 is 11.6 Å². The van der Waals surface area contributed by atoms with E-state index in [4.69, 9.17) is 16.3 Å². The van der Waals surface area contributed by atoms with Crippen LogP contribution in [0.15, 0.2) is 24.3 Å². The highest BCUT2D eigenvalue weighted by molar-refractivity contribution is 6.18. The molecule has 1 spiro atoms. The molecule has 21 heavy (non-hydrogen) atoms. The Labute approximate surface area is 131 Å². The standard InChI is InChI=1S/C18H24ClFO/c19-13-15(14-4-6-16(20)7-5-14)12-17-8-11-18(21-17)9-2-1-3-10-18/h4-7,15,17H,1-3,8-13H2. The van der Waals surface area contributed by atoms with E-state index in [9.17, 15) is 4.39 Å². The van der Waals surface area contributed by atoms with Gasteiger partial charge >= 0.3 is 0 Å². The van der Waals surface area contributed by atoms with Gasteiger partial charge in [-0.2, -0.15) is 0 Å². The maximum atomic E-state index is 13.0. The second-order valence-corrected chi connectivity index (χ2v) is 6.97. The summed E-state index contributed by atoms with van der Waals surface area (Å²) in [5.41, 5.74) is 1.29. The van der Waals surface area contributed by atoms with Crippen molar-refractivity contribution in [3.8, 4) is 0 Å². The molecule has 1 heterocycles. The summed E-state index contributed by atoms with van der Waals surface area (Å²) in [5, 5.41) is 0. The maximum absolute atomic E-state index is 13.0. The summed E-state index contributed by atoms with van der Waals surface area (Å²) >= 11 is 6.15. The van der Waals surface area contributed by atoms with E-state index in [1.807, 2.05) is 12.1 Å². The Bertz CT molecular complexity index is 453. The van der Waals surface area contributed by atoms with Crippen LogP contribution in [-0.4, -0.2) is 17.6 Å². The Morgan fingerprint density at radius 2 is 1.86 bits per heavy atom. The highest BCUT2D eigenvalue weighted by Gasteiger charge is 2.41. The molecule has 1 aromatic carbocycles. The Hall–Kier alpha value is -0.600. The molecular formula is C18H24ClFO. The van der Waals surface area contributed by atoms with Crippen LogP contribution in [0.25, 0.3) is 0 Å². The minimum absolute atomic E-state index is 0.169. The summed E-state index contributed by atoms with van der Waals surface area (Å²) < 4.78 is 19.5. The number of hydrogen-bond acceptors (Lipinski definition) is 1. The van der Waals surface area contributed by atoms with Crippen molar-refractivity contribution in [2.24, 2.45) is 0 Å². The third-order valence-electron chi connectivity index (χ3n) is 5.18. The highest BCUT2D eigenvalue weighted by Crippen LogP contribution is 2.44. The molecule has 1 aromatic rings. The quantitative estimate of drug-likeness (QED) is 0.675. The largest absolute Gasteiger partial charge is 0.372 e. The molecule has 1 aliphatic carbocycles. The molecule has 0 aromatic heterocycles. The zero-order chi connectivity index (χ0) is 14.7. The van der Waals surface area contributed by atoms with E-state index in [2.05, 4.69) is 0 Å². The molecule has 1 nitrogen and oxygen atoms in total. The van der Waals surface area contributed by atoms with Gasteiger partial charge in [0.05, 0.1) is 11.7 Å². The summed E-state index contributed by atoms with van der Waals surface area (Å²) in [7, 11) is 0. The number of hydrogen-bond donors (Lipinski definition) is 0. The predicted octanol–water partition coefficient (Wildman–Crippen LogP) is 5.42. The SMILES string of the molecule is Fc1ccc(C(CCl)CC2CCC3(CCCCC3)O2)cc1. The van der Waals surface area contributed by atoms with Crippen LogP contribution >= 0.6 is 11.6 Å². The van der Waals surface area contributed by atoms with Gasteiger partial charge in [-0.25, -0.2) is 4.39 Å². The first-order valence-corrected chi connectivity index (χ1v) is 8.73. The van der Waals surface area contributed by atoms with Gasteiger partial charge in [0.2, 0.25) is 0 Å². The molecule has 0 amide bonds. The zero-order valence-corrected chi connectivity index (χ0v) is 13.2. The minimum Gasteiger partial charge on any atom is -0.372 e. The molecule has 2 unspecified atom stereocenters. The van der Waals surface area contributed by atoms with Crippen molar-refractivity contribution in [1.29, 1.82) is 0 Å². The first-order valence-electron chi connectivity index (χ1n) is 8.20. The van der Waals surface area contributed by atoms with Crippen molar-refractivity contribution in [1.82, 2.24) is 0 Å². The van der Waals surface area contributed by atoms with Gasteiger partial charge in [-0.3, -0.25) is 0 Å². The van der Waals surface area contributed by atoms with Gasteiger partial charge in [0, 0.05) is 5.88 Å². The monoisotopic (exact) mass is 310 g/mol. The second kappa shape index (κ2) is 6.66. The Morgan fingerprint density at radius 3 is 2.52 bits per heavy atom. The van der Waals surface area contributed by atoms with Gasteiger partial charge in [-0.15, -0.1) is 11.6 Å². The molecule has 3 rings (SSSR count). The van der Waals surface area contributed by atoms with Crippen molar-refractivity contribution < 1.29 is 9.13 Å². The van der Waals surface area contributed by atoms with Gasteiger partial charge in [-0.05, 0) is 55.7 Å². The number of rotatable bonds is 4. The van der Waals surface area contributed by atoms with Crippen LogP contribution in [0.5, 0.6) is 0 Å². The van der Waals surface area contributed by atoms with Crippen LogP contribution in [0, 0.1) is 5.82 Å². The number of alkyl halides is 1. The molecule has 2 aliphatic rings. The molecule has 1 aliphatic heterocycles. The van der Waals surface area contributed by atoms with Crippen LogP contribution in [0.3, 0.4) is 0 Å². The highest BCUT2D eigenvalue weighted by atomic mass is 35.5.